The Bertz CT molecular complexity index is 1430. The van der Waals surface area contributed by atoms with Crippen molar-refractivity contribution >= 4 is 5.57 Å². The number of hydrogen-bond acceptors (Lipinski definition) is 2. The predicted octanol–water partition coefficient (Wildman–Crippen LogP) is 6.35. The molecule has 1 aliphatic rings. The second-order valence-corrected chi connectivity index (χ2v) is 8.92. The summed E-state index contributed by atoms with van der Waals surface area (Å²) in [5, 5.41) is 0. The van der Waals surface area contributed by atoms with Crippen molar-refractivity contribution in [3.05, 3.63) is 108 Å². The fourth-order valence-corrected chi connectivity index (χ4v) is 4.63. The van der Waals surface area contributed by atoms with Gasteiger partial charge in [-0.3, -0.25) is 9.78 Å². The Kier molecular flexibility index (Phi) is 6.72. The number of allylic oxidation sites excluding steroid dienone is 2. The van der Waals surface area contributed by atoms with E-state index in [1.165, 1.54) is 18.2 Å². The van der Waals surface area contributed by atoms with E-state index in [1.807, 2.05) is 0 Å². The average Bonchev–Trinajstić information content (AvgIpc) is 2.80. The second kappa shape index (κ2) is 9.48. The summed E-state index contributed by atoms with van der Waals surface area (Å²) in [6.45, 7) is 1.58. The molecule has 1 unspecified atom stereocenters. The monoisotopic (exact) mass is 508 g/mol. The molecule has 0 bridgehead atoms. The van der Waals surface area contributed by atoms with Crippen molar-refractivity contribution in [1.29, 1.82) is 0 Å². The van der Waals surface area contributed by atoms with Gasteiger partial charge in [-0.1, -0.05) is 42.0 Å². The first-order chi connectivity index (χ1) is 16.8. The normalized spacial score (nSPS) is 16.6. The van der Waals surface area contributed by atoms with Crippen LogP contribution in [0.5, 0.6) is 0 Å². The van der Waals surface area contributed by atoms with Crippen molar-refractivity contribution < 1.29 is 26.3 Å². The zero-order chi connectivity index (χ0) is 26.3. The van der Waals surface area contributed by atoms with Crippen LogP contribution in [-0.2, 0) is 18.8 Å². The van der Waals surface area contributed by atoms with Crippen LogP contribution in [0.25, 0.3) is 5.57 Å². The molecule has 0 radical (unpaired) electrons. The van der Waals surface area contributed by atoms with Gasteiger partial charge in [-0.05, 0) is 55.0 Å². The van der Waals surface area contributed by atoms with E-state index < -0.39 is 34.7 Å². The molecule has 1 aliphatic carbocycles. The molecule has 0 aliphatic heterocycles. The summed E-state index contributed by atoms with van der Waals surface area (Å²) in [5.74, 6) is -0.385. The maximum absolute atomic E-state index is 13.6. The lowest BCUT2D eigenvalue weighted by molar-refractivity contribution is -0.138. The van der Waals surface area contributed by atoms with Gasteiger partial charge >= 0.3 is 18.0 Å². The van der Waals surface area contributed by atoms with Crippen LogP contribution in [0.15, 0.2) is 58.1 Å². The number of benzene rings is 2. The van der Waals surface area contributed by atoms with Gasteiger partial charge in [0.25, 0.3) is 5.56 Å². The van der Waals surface area contributed by atoms with Crippen molar-refractivity contribution in [2.24, 2.45) is 0 Å². The molecule has 0 fully saturated rings. The highest BCUT2D eigenvalue weighted by Crippen LogP contribution is 2.41. The molecular weight excluding hydrogens is 486 g/mol. The Morgan fingerprint density at radius 1 is 0.944 bits per heavy atom. The third-order valence-corrected chi connectivity index (χ3v) is 6.36. The number of alkyl halides is 6. The number of hydrogen-bond donors (Lipinski definition) is 2. The van der Waals surface area contributed by atoms with E-state index in [0.29, 0.717) is 17.6 Å². The molecule has 2 aromatic carbocycles. The minimum atomic E-state index is -4.55. The largest absolute Gasteiger partial charge is 0.417 e. The smallest absolute Gasteiger partial charge is 0.311 e. The first kappa shape index (κ1) is 25.5. The maximum Gasteiger partial charge on any atom is 0.417 e. The molecule has 190 valence electrons. The van der Waals surface area contributed by atoms with E-state index in [-0.39, 0.29) is 47.6 Å². The predicted molar refractivity (Wildman–Crippen MR) is 123 cm³/mol. The molecule has 1 heterocycles. The lowest BCUT2D eigenvalue weighted by Crippen LogP contribution is -2.30. The van der Waals surface area contributed by atoms with E-state index in [0.717, 1.165) is 18.2 Å². The van der Waals surface area contributed by atoms with E-state index >= 15 is 0 Å². The van der Waals surface area contributed by atoms with Crippen LogP contribution < -0.4 is 11.2 Å². The molecule has 4 rings (SSSR count). The minimum absolute atomic E-state index is 0.0927. The molecular formula is C26H22F6N2O2. The molecule has 4 nitrogen and oxygen atoms in total. The van der Waals surface area contributed by atoms with Gasteiger partial charge in [-0.25, -0.2) is 4.79 Å². The molecule has 36 heavy (non-hydrogen) atoms. The number of halogens is 6. The van der Waals surface area contributed by atoms with E-state index in [1.54, 1.807) is 19.1 Å². The Balaban J connectivity index is 1.67. The van der Waals surface area contributed by atoms with Crippen LogP contribution >= 0.6 is 0 Å². The highest BCUT2D eigenvalue weighted by molar-refractivity contribution is 5.70. The second-order valence-electron chi connectivity index (χ2n) is 8.92. The SMILES string of the molecule is Cc1ccc(C2=CCC(c3[nH]c(=O)[nH]c(=O)c3Cc3cccc(C(F)(F)F)c3)CC2)c(C(F)(F)F)c1. The fraction of sp³-hybridized carbons (Fsp3) is 0.308. The van der Waals surface area contributed by atoms with Gasteiger partial charge < -0.3 is 4.98 Å². The zero-order valence-electron chi connectivity index (χ0n) is 19.1. The van der Waals surface area contributed by atoms with E-state index in [4.69, 9.17) is 0 Å². The Labute approximate surface area is 201 Å². The van der Waals surface area contributed by atoms with Crippen LogP contribution in [0, 0.1) is 6.92 Å². The number of aromatic nitrogens is 2. The van der Waals surface area contributed by atoms with Gasteiger partial charge in [0.05, 0.1) is 11.1 Å². The van der Waals surface area contributed by atoms with Gasteiger partial charge in [0, 0.05) is 23.6 Å². The van der Waals surface area contributed by atoms with Crippen molar-refractivity contribution in [2.75, 3.05) is 0 Å². The third kappa shape index (κ3) is 5.47. The molecule has 10 heteroatoms. The van der Waals surface area contributed by atoms with Crippen LogP contribution in [0.3, 0.4) is 0 Å². The minimum Gasteiger partial charge on any atom is -0.311 e. The lowest BCUT2D eigenvalue weighted by Gasteiger charge is -2.25. The lowest BCUT2D eigenvalue weighted by atomic mass is 9.81. The number of rotatable bonds is 4. The topological polar surface area (TPSA) is 65.7 Å². The van der Waals surface area contributed by atoms with Crippen molar-refractivity contribution in [2.45, 2.75) is 50.9 Å². The van der Waals surface area contributed by atoms with Crippen molar-refractivity contribution in [3.63, 3.8) is 0 Å². The van der Waals surface area contributed by atoms with Gasteiger partial charge in [-0.15, -0.1) is 0 Å². The number of nitrogens with one attached hydrogen (secondary N) is 2. The van der Waals surface area contributed by atoms with Crippen LogP contribution in [0.2, 0.25) is 0 Å². The molecule has 1 atom stereocenters. The summed E-state index contributed by atoms with van der Waals surface area (Å²) < 4.78 is 80.2. The summed E-state index contributed by atoms with van der Waals surface area (Å²) in [6.07, 6.45) is -6.66. The van der Waals surface area contributed by atoms with Gasteiger partial charge in [0.15, 0.2) is 0 Å². The van der Waals surface area contributed by atoms with Crippen LogP contribution in [-0.4, -0.2) is 9.97 Å². The molecule has 0 amide bonds. The molecule has 0 spiro atoms. The molecule has 2 N–H and O–H groups in total. The summed E-state index contributed by atoms with van der Waals surface area (Å²) >= 11 is 0. The Hall–Kier alpha value is -3.56. The van der Waals surface area contributed by atoms with Crippen LogP contribution in [0.1, 0.15) is 64.3 Å². The van der Waals surface area contributed by atoms with Gasteiger partial charge in [0.2, 0.25) is 0 Å². The van der Waals surface area contributed by atoms with Gasteiger partial charge in [-0.2, -0.15) is 26.3 Å². The molecule has 0 saturated carbocycles. The standard InChI is InChI=1S/C26H22F6N2O2/c1-14-5-10-19(21(11-14)26(30,31)32)16-6-8-17(9-7-16)22-20(23(35)34-24(36)33-22)13-15-3-2-4-18(12-15)25(27,28)29/h2-6,10-12,17H,7-9,13H2,1H3,(H2,33,34,35,36). The summed E-state index contributed by atoms with van der Waals surface area (Å²) in [4.78, 5) is 29.4. The first-order valence-corrected chi connectivity index (χ1v) is 11.2. The third-order valence-electron chi connectivity index (χ3n) is 6.36. The molecule has 0 saturated heterocycles. The highest BCUT2D eigenvalue weighted by Gasteiger charge is 2.35. The maximum atomic E-state index is 13.6. The zero-order valence-corrected chi connectivity index (χ0v) is 19.1. The van der Waals surface area contributed by atoms with E-state index in [2.05, 4.69) is 9.97 Å². The average molecular weight is 508 g/mol. The Morgan fingerprint density at radius 3 is 2.33 bits per heavy atom. The summed E-state index contributed by atoms with van der Waals surface area (Å²) in [6, 6.07) is 8.73. The van der Waals surface area contributed by atoms with Crippen LogP contribution in [0.4, 0.5) is 26.3 Å². The highest BCUT2D eigenvalue weighted by atomic mass is 19.4. The Morgan fingerprint density at radius 2 is 1.69 bits per heavy atom. The number of aromatic amines is 2. The number of H-pyrrole nitrogens is 2. The van der Waals surface area contributed by atoms with Crippen molar-refractivity contribution in [1.82, 2.24) is 9.97 Å². The molecule has 3 aromatic rings. The summed E-state index contributed by atoms with van der Waals surface area (Å²) in [7, 11) is 0. The van der Waals surface area contributed by atoms with E-state index in [9.17, 15) is 35.9 Å². The van der Waals surface area contributed by atoms with Gasteiger partial charge in [0.1, 0.15) is 0 Å². The first-order valence-electron chi connectivity index (χ1n) is 11.2. The quantitative estimate of drug-likeness (QED) is 0.404. The molecule has 1 aromatic heterocycles. The number of aryl methyl sites for hydroxylation is 1. The fourth-order valence-electron chi connectivity index (χ4n) is 4.63. The summed E-state index contributed by atoms with van der Waals surface area (Å²) in [5.41, 5.74) is -1.29. The van der Waals surface area contributed by atoms with Crippen molar-refractivity contribution in [3.8, 4) is 0 Å².